The van der Waals surface area contributed by atoms with Crippen molar-refractivity contribution in [2.45, 2.75) is 25.0 Å². The summed E-state index contributed by atoms with van der Waals surface area (Å²) in [5, 5.41) is 15.3. The molecule has 0 radical (unpaired) electrons. The fraction of sp³-hybridized carbons (Fsp3) is 0.462. The molecule has 1 aromatic carbocycles. The van der Waals surface area contributed by atoms with E-state index in [-0.39, 0.29) is 18.5 Å². The zero-order chi connectivity index (χ0) is 13.8. The van der Waals surface area contributed by atoms with Crippen LogP contribution in [0.3, 0.4) is 0 Å². The summed E-state index contributed by atoms with van der Waals surface area (Å²) < 4.78 is 26.8. The summed E-state index contributed by atoms with van der Waals surface area (Å²) >= 11 is 0. The van der Waals surface area contributed by atoms with E-state index in [9.17, 15) is 18.7 Å². The smallest absolute Gasteiger partial charge is 0.237 e. The van der Waals surface area contributed by atoms with E-state index in [0.29, 0.717) is 0 Å². The monoisotopic (exact) mass is 270 g/mol. The van der Waals surface area contributed by atoms with Gasteiger partial charge in [0.2, 0.25) is 5.91 Å². The zero-order valence-electron chi connectivity index (χ0n) is 10.3. The van der Waals surface area contributed by atoms with Gasteiger partial charge in [0.15, 0.2) is 0 Å². The minimum absolute atomic E-state index is 0.213. The first-order valence-electron chi connectivity index (χ1n) is 6.22. The molecular formula is C13H16F2N2O2. The van der Waals surface area contributed by atoms with Crippen molar-refractivity contribution in [2.24, 2.45) is 0 Å². The lowest BCUT2D eigenvalue weighted by atomic mass is 10.1. The second kappa shape index (κ2) is 6.08. The zero-order valence-corrected chi connectivity index (χ0v) is 10.3. The fourth-order valence-electron chi connectivity index (χ4n) is 2.16. The largest absolute Gasteiger partial charge is 0.386 e. The predicted molar refractivity (Wildman–Crippen MR) is 65.4 cm³/mol. The first-order chi connectivity index (χ1) is 9.09. The van der Waals surface area contributed by atoms with Crippen molar-refractivity contribution in [3.8, 4) is 0 Å². The third-order valence-corrected chi connectivity index (χ3v) is 3.18. The molecule has 2 atom stereocenters. The van der Waals surface area contributed by atoms with E-state index < -0.39 is 23.3 Å². The molecule has 19 heavy (non-hydrogen) atoms. The van der Waals surface area contributed by atoms with Gasteiger partial charge in [-0.3, -0.25) is 4.79 Å². The molecule has 0 saturated carbocycles. The van der Waals surface area contributed by atoms with E-state index in [4.69, 9.17) is 0 Å². The van der Waals surface area contributed by atoms with Gasteiger partial charge in [-0.1, -0.05) is 6.07 Å². The molecule has 1 aliphatic heterocycles. The van der Waals surface area contributed by atoms with Crippen molar-refractivity contribution >= 4 is 5.91 Å². The molecule has 1 amide bonds. The molecule has 0 aromatic heterocycles. The van der Waals surface area contributed by atoms with Crippen LogP contribution in [0.15, 0.2) is 18.2 Å². The van der Waals surface area contributed by atoms with Crippen molar-refractivity contribution < 1.29 is 18.7 Å². The maximum absolute atomic E-state index is 13.4. The quantitative estimate of drug-likeness (QED) is 0.760. The van der Waals surface area contributed by atoms with E-state index in [1.54, 1.807) is 0 Å². The Bertz CT molecular complexity index is 442. The number of amides is 1. The van der Waals surface area contributed by atoms with Gasteiger partial charge in [0.25, 0.3) is 0 Å². The maximum atomic E-state index is 13.4. The number of aliphatic hydroxyl groups is 1. The molecule has 3 N–H and O–H groups in total. The number of carbonyl (C=O) groups is 1. The van der Waals surface area contributed by atoms with Crippen LogP contribution in [0.1, 0.15) is 24.5 Å². The first kappa shape index (κ1) is 13.9. The standard InChI is InChI=1S/C13H16F2N2O2/c14-8-3-1-4-9(15)12(8)11(18)7-17-13(19)10-5-2-6-16-10/h1,3-4,10-11,16,18H,2,5-7H2,(H,17,19). The molecule has 2 unspecified atom stereocenters. The van der Waals surface area contributed by atoms with Crippen LogP contribution in [0.4, 0.5) is 8.78 Å². The minimum Gasteiger partial charge on any atom is -0.386 e. The normalized spacial score (nSPS) is 20.3. The Labute approximate surface area is 109 Å². The summed E-state index contributed by atoms with van der Waals surface area (Å²) in [5.41, 5.74) is -0.415. The Morgan fingerprint density at radius 1 is 1.47 bits per heavy atom. The number of carbonyl (C=O) groups excluding carboxylic acids is 1. The molecule has 6 heteroatoms. The van der Waals surface area contributed by atoms with E-state index in [0.717, 1.165) is 31.5 Å². The Balaban J connectivity index is 1.93. The minimum atomic E-state index is -1.40. The summed E-state index contributed by atoms with van der Waals surface area (Å²) in [6, 6.07) is 3.09. The van der Waals surface area contributed by atoms with Crippen LogP contribution in [0, 0.1) is 11.6 Å². The highest BCUT2D eigenvalue weighted by Crippen LogP contribution is 2.20. The Kier molecular flexibility index (Phi) is 4.44. The van der Waals surface area contributed by atoms with Crippen molar-refractivity contribution in [1.29, 1.82) is 0 Å². The van der Waals surface area contributed by atoms with Crippen LogP contribution < -0.4 is 10.6 Å². The Morgan fingerprint density at radius 2 is 2.16 bits per heavy atom. The Hall–Kier alpha value is -1.53. The number of nitrogens with one attached hydrogen (secondary N) is 2. The SMILES string of the molecule is O=C(NCC(O)c1c(F)cccc1F)C1CCCN1. The Morgan fingerprint density at radius 3 is 2.74 bits per heavy atom. The number of halogens is 2. The lowest BCUT2D eigenvalue weighted by Gasteiger charge is -2.16. The van der Waals surface area contributed by atoms with Crippen LogP contribution in [0.5, 0.6) is 0 Å². The number of hydrogen-bond donors (Lipinski definition) is 3. The second-order valence-corrected chi connectivity index (χ2v) is 4.55. The predicted octanol–water partition coefficient (Wildman–Crippen LogP) is 0.866. The molecule has 2 rings (SSSR count). The topological polar surface area (TPSA) is 61.4 Å². The highest BCUT2D eigenvalue weighted by Gasteiger charge is 2.23. The van der Waals surface area contributed by atoms with Crippen molar-refractivity contribution in [3.63, 3.8) is 0 Å². The van der Waals surface area contributed by atoms with Gasteiger partial charge in [0.05, 0.1) is 11.6 Å². The van der Waals surface area contributed by atoms with Crippen molar-refractivity contribution in [1.82, 2.24) is 10.6 Å². The molecule has 1 aromatic rings. The molecule has 1 saturated heterocycles. The highest BCUT2D eigenvalue weighted by molar-refractivity contribution is 5.82. The maximum Gasteiger partial charge on any atom is 0.237 e. The van der Waals surface area contributed by atoms with Crippen LogP contribution in [-0.4, -0.2) is 30.1 Å². The van der Waals surface area contributed by atoms with Crippen molar-refractivity contribution in [3.05, 3.63) is 35.4 Å². The summed E-state index contributed by atoms with van der Waals surface area (Å²) in [6.45, 7) is 0.567. The number of rotatable bonds is 4. The molecule has 4 nitrogen and oxygen atoms in total. The van der Waals surface area contributed by atoms with Gasteiger partial charge in [-0.15, -0.1) is 0 Å². The molecule has 1 aliphatic rings. The number of benzene rings is 1. The third-order valence-electron chi connectivity index (χ3n) is 3.18. The van der Waals surface area contributed by atoms with E-state index in [1.165, 1.54) is 6.07 Å². The summed E-state index contributed by atoms with van der Waals surface area (Å²) in [5.74, 6) is -1.89. The molecule has 0 bridgehead atoms. The van der Waals surface area contributed by atoms with E-state index in [2.05, 4.69) is 10.6 Å². The molecule has 1 heterocycles. The second-order valence-electron chi connectivity index (χ2n) is 4.55. The van der Waals surface area contributed by atoms with Gasteiger partial charge in [-0.25, -0.2) is 8.78 Å². The van der Waals surface area contributed by atoms with Gasteiger partial charge in [0, 0.05) is 6.54 Å². The van der Waals surface area contributed by atoms with Crippen LogP contribution >= 0.6 is 0 Å². The summed E-state index contributed by atoms with van der Waals surface area (Å²) in [7, 11) is 0. The average molecular weight is 270 g/mol. The number of hydrogen-bond acceptors (Lipinski definition) is 3. The first-order valence-corrected chi connectivity index (χ1v) is 6.22. The lowest BCUT2D eigenvalue weighted by molar-refractivity contribution is -0.123. The van der Waals surface area contributed by atoms with Crippen LogP contribution in [-0.2, 0) is 4.79 Å². The van der Waals surface area contributed by atoms with Gasteiger partial charge in [0.1, 0.15) is 17.7 Å². The fourth-order valence-corrected chi connectivity index (χ4v) is 2.16. The molecule has 1 fully saturated rings. The van der Waals surface area contributed by atoms with E-state index >= 15 is 0 Å². The van der Waals surface area contributed by atoms with Gasteiger partial charge in [-0.05, 0) is 31.5 Å². The van der Waals surface area contributed by atoms with Crippen LogP contribution in [0.25, 0.3) is 0 Å². The van der Waals surface area contributed by atoms with Gasteiger partial charge in [-0.2, -0.15) is 0 Å². The molecular weight excluding hydrogens is 254 g/mol. The molecule has 0 spiro atoms. The summed E-state index contributed by atoms with van der Waals surface area (Å²) in [6.07, 6.45) is 0.255. The lowest BCUT2D eigenvalue weighted by Crippen LogP contribution is -2.42. The molecule has 0 aliphatic carbocycles. The summed E-state index contributed by atoms with van der Waals surface area (Å²) in [4.78, 5) is 11.7. The van der Waals surface area contributed by atoms with Crippen LogP contribution in [0.2, 0.25) is 0 Å². The van der Waals surface area contributed by atoms with Gasteiger partial charge >= 0.3 is 0 Å². The van der Waals surface area contributed by atoms with Gasteiger partial charge < -0.3 is 15.7 Å². The third kappa shape index (κ3) is 3.27. The van der Waals surface area contributed by atoms with E-state index in [1.807, 2.05) is 0 Å². The van der Waals surface area contributed by atoms with Crippen molar-refractivity contribution in [2.75, 3.05) is 13.1 Å². The molecule has 104 valence electrons. The average Bonchev–Trinajstić information content (AvgIpc) is 2.89. The highest BCUT2D eigenvalue weighted by atomic mass is 19.1. The number of aliphatic hydroxyl groups excluding tert-OH is 1.